The van der Waals surface area contributed by atoms with Crippen LogP contribution in [0, 0.1) is 94.7 Å². The average molecular weight is 1790 g/mol. The van der Waals surface area contributed by atoms with E-state index in [1.54, 1.807) is 0 Å². The standard InChI is InChI=1S/C142H86/c1-9-45-111(46-10-1)121-63-29-37-103(89-121)73-81-119-61-25-27-71-135(119)137-97-131(85-77-107-41-33-67-125(93-107)115-53-17-5-18-54-115)139(99-129(137)83-75-105-39-31-65-123(91-105)113-49-13-3-14-50-113)141-101-134(88-80-110-44-36-70-128(96-110)118-59-23-8-24-60-118)142(102-133(141)87-79-109-43-35-69-127(95-109)117-57-21-7-22-58-117)140-100-130(84-76-106-40-32-66-124(92-106)114-51-15-4-16-52-114)138(98-132(140)86-78-108-42-34-68-126(94-108)116-55-19-6-20-56-116)136-72-28-26-62-120(136)82-74-104-38-30-64-122(90-104)112-47-11-2-12-48-112/h1-72,89-102H. The van der Waals surface area contributed by atoms with Crippen LogP contribution >= 0.6 is 0 Å². The van der Waals surface area contributed by atoms with E-state index in [9.17, 15) is 0 Å². The molecule has 0 saturated heterocycles. The zero-order valence-corrected chi connectivity index (χ0v) is 77.7. The first-order chi connectivity index (χ1) is 70.3. The molecule has 0 radical (unpaired) electrons. The van der Waals surface area contributed by atoms with Crippen molar-refractivity contribution in [1.82, 2.24) is 0 Å². The normalized spacial score (nSPS) is 10.4. The Hall–Kier alpha value is -19.9. The molecule has 0 N–H and O–H groups in total. The smallest absolute Gasteiger partial charge is 0.0335 e. The highest BCUT2D eigenvalue weighted by Gasteiger charge is 2.23. The molecule has 0 saturated carbocycles. The molecule has 0 aliphatic carbocycles. The summed E-state index contributed by atoms with van der Waals surface area (Å²) in [7, 11) is 0. The number of benzene rings is 21. The van der Waals surface area contributed by atoms with Gasteiger partial charge >= 0.3 is 0 Å². The monoisotopic (exact) mass is 1790 g/mol. The van der Waals surface area contributed by atoms with E-state index in [0.717, 1.165) is 200 Å². The lowest BCUT2D eigenvalue weighted by molar-refractivity contribution is 1.48. The van der Waals surface area contributed by atoms with Crippen molar-refractivity contribution in [3.63, 3.8) is 0 Å². The summed E-state index contributed by atoms with van der Waals surface area (Å²) in [6, 6.07) is 182. The summed E-state index contributed by atoms with van der Waals surface area (Å²) in [5.74, 6) is 60.8. The van der Waals surface area contributed by atoms with Crippen molar-refractivity contribution in [2.45, 2.75) is 0 Å². The lowest BCUT2D eigenvalue weighted by Gasteiger charge is -2.18. The van der Waals surface area contributed by atoms with Crippen LogP contribution in [0.5, 0.6) is 0 Å². The maximum atomic E-state index is 3.96. The number of rotatable bonds is 12. The van der Waals surface area contributed by atoms with Gasteiger partial charge in [0.2, 0.25) is 0 Å². The third kappa shape index (κ3) is 21.4. The third-order valence-electron chi connectivity index (χ3n) is 25.0. The molecule has 0 heterocycles. The molecular weight excluding hydrogens is 1710 g/mol. The van der Waals surface area contributed by atoms with Crippen molar-refractivity contribution in [1.29, 1.82) is 0 Å². The van der Waals surface area contributed by atoms with Crippen molar-refractivity contribution in [3.8, 4) is 228 Å². The quantitative estimate of drug-likeness (QED) is 0.107. The molecule has 0 atom stereocenters. The van der Waals surface area contributed by atoms with E-state index in [0.29, 0.717) is 22.3 Å². The molecule has 0 nitrogen and oxygen atoms in total. The van der Waals surface area contributed by atoms with E-state index in [2.05, 4.69) is 568 Å². The highest BCUT2D eigenvalue weighted by Crippen LogP contribution is 2.43. The molecule has 21 aromatic carbocycles. The second-order valence-electron chi connectivity index (χ2n) is 34.5. The average Bonchev–Trinajstić information content (AvgIpc) is 0.750. The second kappa shape index (κ2) is 42.8. The fourth-order valence-electron chi connectivity index (χ4n) is 17.8. The largest absolute Gasteiger partial charge is 0.0622 e. The molecule has 21 aromatic rings. The fourth-order valence-corrected chi connectivity index (χ4v) is 17.8. The Morgan fingerprint density at radius 1 is 0.0775 bits per heavy atom. The lowest BCUT2D eigenvalue weighted by Crippen LogP contribution is -2.00. The van der Waals surface area contributed by atoms with Crippen LogP contribution < -0.4 is 0 Å². The van der Waals surface area contributed by atoms with Gasteiger partial charge in [0.15, 0.2) is 0 Å². The zero-order chi connectivity index (χ0) is 95.2. The summed E-state index contributed by atoms with van der Waals surface area (Å²) in [5, 5.41) is 0. The van der Waals surface area contributed by atoms with E-state index in [4.69, 9.17) is 0 Å². The van der Waals surface area contributed by atoms with Crippen molar-refractivity contribution >= 4 is 0 Å². The van der Waals surface area contributed by atoms with E-state index in [-0.39, 0.29) is 0 Å². The molecule has 142 heavy (non-hydrogen) atoms. The molecule has 0 spiro atoms. The zero-order valence-electron chi connectivity index (χ0n) is 77.7. The van der Waals surface area contributed by atoms with Gasteiger partial charge in [-0.15, -0.1) is 0 Å². The molecule has 0 fully saturated rings. The van der Waals surface area contributed by atoms with Crippen LogP contribution in [-0.4, -0.2) is 0 Å². The Morgan fingerprint density at radius 3 is 0.366 bits per heavy atom. The summed E-state index contributed by atoms with van der Waals surface area (Å²) in [6.07, 6.45) is 0. The van der Waals surface area contributed by atoms with Gasteiger partial charge in [-0.25, -0.2) is 0 Å². The lowest BCUT2D eigenvalue weighted by atomic mass is 9.83. The van der Waals surface area contributed by atoms with Gasteiger partial charge in [-0.05, 0) is 279 Å². The summed E-state index contributed by atoms with van der Waals surface area (Å²) in [6.45, 7) is 0. The second-order valence-corrected chi connectivity index (χ2v) is 34.5. The van der Waals surface area contributed by atoms with Crippen LogP contribution in [0.15, 0.2) is 522 Å². The maximum Gasteiger partial charge on any atom is 0.0335 e. The molecule has 0 heteroatoms. The topological polar surface area (TPSA) is 0 Å². The Balaban J connectivity index is 0.867. The number of hydrogen-bond donors (Lipinski definition) is 0. The molecule has 0 aliphatic heterocycles. The molecule has 0 unspecified atom stereocenters. The molecular formula is C142H86. The summed E-state index contributed by atoms with van der Waals surface area (Å²) >= 11 is 0. The van der Waals surface area contributed by atoms with Crippen molar-refractivity contribution in [2.24, 2.45) is 0 Å². The van der Waals surface area contributed by atoms with E-state index >= 15 is 0 Å². The van der Waals surface area contributed by atoms with Gasteiger partial charge in [-0.2, -0.15) is 0 Å². The van der Waals surface area contributed by atoms with Gasteiger partial charge in [-0.3, -0.25) is 0 Å². The maximum absolute atomic E-state index is 3.96. The van der Waals surface area contributed by atoms with Crippen LogP contribution in [0.1, 0.15) is 89.0 Å². The van der Waals surface area contributed by atoms with Gasteiger partial charge < -0.3 is 0 Å². The Labute approximate surface area is 832 Å². The van der Waals surface area contributed by atoms with Crippen LogP contribution in [0.4, 0.5) is 0 Å². The van der Waals surface area contributed by atoms with Crippen molar-refractivity contribution < 1.29 is 0 Å². The van der Waals surface area contributed by atoms with Gasteiger partial charge in [0.25, 0.3) is 0 Å². The first kappa shape index (κ1) is 88.7. The van der Waals surface area contributed by atoms with E-state index < -0.39 is 0 Å². The Bertz CT molecular complexity index is 8350. The molecule has 654 valence electrons. The predicted molar refractivity (Wildman–Crippen MR) is 591 cm³/mol. The Morgan fingerprint density at radius 2 is 0.204 bits per heavy atom. The van der Waals surface area contributed by atoms with Gasteiger partial charge in [0, 0.05) is 89.0 Å². The summed E-state index contributed by atoms with van der Waals surface area (Å²) < 4.78 is 0. The summed E-state index contributed by atoms with van der Waals surface area (Å²) in [5.41, 5.74) is 36.2. The number of hydrogen-bond acceptors (Lipinski definition) is 0. The predicted octanol–water partition coefficient (Wildman–Crippen LogP) is 32.9. The third-order valence-corrected chi connectivity index (χ3v) is 25.0. The first-order valence-electron chi connectivity index (χ1n) is 47.5. The van der Waals surface area contributed by atoms with Crippen LogP contribution in [-0.2, 0) is 0 Å². The van der Waals surface area contributed by atoms with E-state index in [1.807, 2.05) is 48.5 Å². The van der Waals surface area contributed by atoms with Crippen molar-refractivity contribution in [3.05, 3.63) is 611 Å². The van der Waals surface area contributed by atoms with E-state index in [1.165, 1.54) is 0 Å². The minimum absolute atomic E-state index is 0.679. The molecule has 21 rings (SSSR count). The highest BCUT2D eigenvalue weighted by molar-refractivity contribution is 5.93. The van der Waals surface area contributed by atoms with Crippen LogP contribution in [0.25, 0.3) is 134 Å². The van der Waals surface area contributed by atoms with Crippen LogP contribution in [0.3, 0.4) is 0 Å². The minimum Gasteiger partial charge on any atom is -0.0622 e. The molecule has 0 amide bonds. The van der Waals surface area contributed by atoms with Gasteiger partial charge in [-0.1, -0.05) is 471 Å². The summed E-state index contributed by atoms with van der Waals surface area (Å²) in [4.78, 5) is 0. The molecule has 0 aliphatic rings. The first-order valence-corrected chi connectivity index (χ1v) is 47.5. The molecule has 0 aromatic heterocycles. The van der Waals surface area contributed by atoms with Crippen molar-refractivity contribution in [2.75, 3.05) is 0 Å². The Kier molecular flexibility index (Phi) is 26.7. The fraction of sp³-hybridized carbons (Fsp3) is 0. The SMILES string of the molecule is C(#Cc1ccccc1-c1cc(C#Cc2cccc(-c3ccccc3)c2)c(-c2cc(C#Cc3cccc(-c4ccccc4)c3)c(-c3cc(C#Cc4cccc(-c5ccccc5)c4)c(-c4ccccc4C#Cc4cccc(-c5ccccc5)c4)cc3C#Cc3cccc(-c4ccccc4)c3)cc2C#Cc2cccc(-c3ccccc3)c2)cc1C#Cc1cccc(-c2ccccc2)c1)c1cccc(-c2ccccc2)c1. The minimum atomic E-state index is 0.679. The van der Waals surface area contributed by atoms with Gasteiger partial charge in [0.1, 0.15) is 0 Å². The van der Waals surface area contributed by atoms with Crippen LogP contribution in [0.2, 0.25) is 0 Å². The highest BCUT2D eigenvalue weighted by atomic mass is 14.2. The van der Waals surface area contributed by atoms with Gasteiger partial charge in [0.05, 0.1) is 0 Å². The molecule has 0 bridgehead atoms.